The van der Waals surface area contributed by atoms with Crippen LogP contribution in [0.15, 0.2) is 60.8 Å². The van der Waals surface area contributed by atoms with Crippen LogP contribution in [0.5, 0.6) is 0 Å². The number of benzene rings is 2. The molecule has 1 aromatic heterocycles. The largest absolute Gasteiger partial charge is 0.465 e. The molecule has 1 aliphatic heterocycles. The molecule has 0 unspecified atom stereocenters. The number of fused-ring (bicyclic) bond motifs is 1. The van der Waals surface area contributed by atoms with Gasteiger partial charge in [-0.3, -0.25) is 0 Å². The molecule has 0 saturated carbocycles. The highest BCUT2D eigenvalue weighted by Gasteiger charge is 2.25. The number of hydrogen-bond acceptors (Lipinski definition) is 2. The quantitative estimate of drug-likeness (QED) is 0.520. The van der Waals surface area contributed by atoms with Gasteiger partial charge < -0.3 is 4.74 Å². The van der Waals surface area contributed by atoms with Crippen molar-refractivity contribution in [1.82, 2.24) is 4.57 Å². The standard InChI is InChI=1S/C23H25N2O2/c1-27-23(26)20-13-11-18(12-14-20)16-24-17-21(19-8-4-2-5-9-19)25-15-7-3-6-10-22(24)25/h2,4-5,8-9,11-14,17H,3,6-7,10,15-16H2,1H3/q+1. The summed E-state index contributed by atoms with van der Waals surface area (Å²) in [4.78, 5) is 11.6. The van der Waals surface area contributed by atoms with Crippen molar-refractivity contribution >= 4 is 5.97 Å². The van der Waals surface area contributed by atoms with Gasteiger partial charge in [0.2, 0.25) is 0 Å². The summed E-state index contributed by atoms with van der Waals surface area (Å²) in [5.41, 5.74) is 4.33. The Morgan fingerprint density at radius 1 is 1.04 bits per heavy atom. The second-order valence-corrected chi connectivity index (χ2v) is 7.08. The maximum absolute atomic E-state index is 11.6. The Morgan fingerprint density at radius 3 is 2.56 bits per heavy atom. The topological polar surface area (TPSA) is 35.1 Å². The minimum absolute atomic E-state index is 0.293. The number of rotatable bonds is 4. The highest BCUT2D eigenvalue weighted by Crippen LogP contribution is 2.24. The van der Waals surface area contributed by atoms with Crippen molar-refractivity contribution in [3.8, 4) is 11.3 Å². The molecule has 0 spiro atoms. The molecule has 0 fully saturated rings. The maximum Gasteiger partial charge on any atom is 0.337 e. The van der Waals surface area contributed by atoms with Gasteiger partial charge in [-0.2, -0.15) is 0 Å². The molecule has 1 aliphatic rings. The fourth-order valence-electron chi connectivity index (χ4n) is 3.88. The fraction of sp³-hybridized carbons (Fsp3) is 0.304. The molecule has 0 amide bonds. The zero-order valence-electron chi connectivity index (χ0n) is 15.7. The smallest absolute Gasteiger partial charge is 0.337 e. The molecule has 2 heterocycles. The Morgan fingerprint density at radius 2 is 1.81 bits per heavy atom. The van der Waals surface area contributed by atoms with E-state index in [2.05, 4.69) is 45.7 Å². The van der Waals surface area contributed by atoms with Gasteiger partial charge in [0, 0.05) is 12.0 Å². The van der Waals surface area contributed by atoms with Crippen molar-refractivity contribution in [3.63, 3.8) is 0 Å². The Hall–Kier alpha value is -2.88. The van der Waals surface area contributed by atoms with Crippen molar-refractivity contribution in [3.05, 3.63) is 77.7 Å². The third-order valence-corrected chi connectivity index (χ3v) is 5.29. The molecule has 0 N–H and O–H groups in total. The molecule has 4 nitrogen and oxygen atoms in total. The molecule has 0 radical (unpaired) electrons. The van der Waals surface area contributed by atoms with Crippen LogP contribution in [0.25, 0.3) is 11.3 Å². The minimum Gasteiger partial charge on any atom is -0.465 e. The molecule has 0 aliphatic carbocycles. The van der Waals surface area contributed by atoms with Gasteiger partial charge in [0.15, 0.2) is 5.69 Å². The number of imidazole rings is 1. The summed E-state index contributed by atoms with van der Waals surface area (Å²) in [6, 6.07) is 18.3. The zero-order valence-corrected chi connectivity index (χ0v) is 15.7. The van der Waals surface area contributed by atoms with Crippen molar-refractivity contribution in [2.24, 2.45) is 0 Å². The Labute approximate surface area is 160 Å². The van der Waals surface area contributed by atoms with Gasteiger partial charge in [0.25, 0.3) is 5.82 Å². The van der Waals surface area contributed by atoms with Crippen LogP contribution >= 0.6 is 0 Å². The molecular formula is C23H25N2O2+. The van der Waals surface area contributed by atoms with E-state index in [1.54, 1.807) is 0 Å². The van der Waals surface area contributed by atoms with E-state index in [1.165, 1.54) is 49.0 Å². The van der Waals surface area contributed by atoms with Gasteiger partial charge in [0.1, 0.15) is 12.7 Å². The summed E-state index contributed by atoms with van der Waals surface area (Å²) in [5.74, 6) is 1.10. The number of ether oxygens (including phenoxy) is 1. The predicted molar refractivity (Wildman–Crippen MR) is 105 cm³/mol. The average molecular weight is 361 g/mol. The fourth-order valence-corrected chi connectivity index (χ4v) is 3.88. The highest BCUT2D eigenvalue weighted by atomic mass is 16.5. The number of carbonyl (C=O) groups is 1. The van der Waals surface area contributed by atoms with E-state index in [4.69, 9.17) is 4.74 Å². The Kier molecular flexibility index (Phi) is 5.05. The summed E-state index contributed by atoms with van der Waals surface area (Å²) in [5, 5.41) is 0. The molecule has 2 aromatic carbocycles. The SMILES string of the molecule is COC(=O)c1ccc(C[n+]2cc(-c3ccccc3)n3c2CCCCC3)cc1. The van der Waals surface area contributed by atoms with Crippen molar-refractivity contribution in [1.29, 1.82) is 0 Å². The van der Waals surface area contributed by atoms with Crippen LogP contribution in [0.4, 0.5) is 0 Å². The van der Waals surface area contributed by atoms with Crippen LogP contribution in [0.3, 0.4) is 0 Å². The second-order valence-electron chi connectivity index (χ2n) is 7.08. The molecular weight excluding hydrogens is 336 g/mol. The highest BCUT2D eigenvalue weighted by molar-refractivity contribution is 5.89. The van der Waals surface area contributed by atoms with Crippen LogP contribution in [-0.2, 0) is 24.2 Å². The minimum atomic E-state index is -0.293. The van der Waals surface area contributed by atoms with E-state index in [9.17, 15) is 4.79 Å². The van der Waals surface area contributed by atoms with E-state index < -0.39 is 0 Å². The molecule has 0 atom stereocenters. The predicted octanol–water partition coefficient (Wildman–Crippen LogP) is 4.00. The molecule has 4 heteroatoms. The molecule has 0 saturated heterocycles. The summed E-state index contributed by atoms with van der Waals surface area (Å²) >= 11 is 0. The lowest BCUT2D eigenvalue weighted by Gasteiger charge is -2.04. The van der Waals surface area contributed by atoms with Crippen molar-refractivity contribution in [2.45, 2.75) is 38.8 Å². The van der Waals surface area contributed by atoms with Crippen molar-refractivity contribution in [2.75, 3.05) is 7.11 Å². The maximum atomic E-state index is 11.6. The van der Waals surface area contributed by atoms with Gasteiger partial charge in [-0.15, -0.1) is 0 Å². The molecule has 0 bridgehead atoms. The van der Waals surface area contributed by atoms with Gasteiger partial charge in [0.05, 0.1) is 19.2 Å². The first kappa shape index (κ1) is 17.5. The molecule has 27 heavy (non-hydrogen) atoms. The van der Waals surface area contributed by atoms with Crippen LogP contribution in [0.1, 0.15) is 41.0 Å². The summed E-state index contributed by atoms with van der Waals surface area (Å²) in [7, 11) is 1.41. The normalized spacial score (nSPS) is 13.7. The number of carbonyl (C=O) groups excluding carboxylic acids is 1. The number of methoxy groups -OCH3 is 1. The summed E-state index contributed by atoms with van der Waals surface area (Å²) in [6.45, 7) is 1.89. The van der Waals surface area contributed by atoms with E-state index in [1.807, 2.05) is 24.3 Å². The summed E-state index contributed by atoms with van der Waals surface area (Å²) < 4.78 is 9.65. The number of aromatic nitrogens is 2. The third kappa shape index (κ3) is 3.65. The first-order chi connectivity index (χ1) is 13.3. The zero-order chi connectivity index (χ0) is 18.6. The van der Waals surface area contributed by atoms with E-state index >= 15 is 0 Å². The lowest BCUT2D eigenvalue weighted by atomic mass is 10.1. The van der Waals surface area contributed by atoms with Crippen molar-refractivity contribution < 1.29 is 14.1 Å². The first-order valence-electron chi connectivity index (χ1n) is 9.61. The monoisotopic (exact) mass is 361 g/mol. The lowest BCUT2D eigenvalue weighted by Crippen LogP contribution is -2.37. The van der Waals surface area contributed by atoms with E-state index in [-0.39, 0.29) is 5.97 Å². The van der Waals surface area contributed by atoms with Gasteiger partial charge in [-0.25, -0.2) is 13.9 Å². The van der Waals surface area contributed by atoms with Crippen LogP contribution in [0.2, 0.25) is 0 Å². The van der Waals surface area contributed by atoms with Crippen LogP contribution < -0.4 is 4.57 Å². The van der Waals surface area contributed by atoms with E-state index in [0.717, 1.165) is 19.5 Å². The summed E-state index contributed by atoms with van der Waals surface area (Å²) in [6.07, 6.45) is 7.13. The van der Waals surface area contributed by atoms with Crippen LogP contribution in [-0.4, -0.2) is 17.6 Å². The number of hydrogen-bond donors (Lipinski definition) is 0. The second kappa shape index (κ2) is 7.78. The lowest BCUT2D eigenvalue weighted by molar-refractivity contribution is -0.695. The van der Waals surface area contributed by atoms with Gasteiger partial charge in [-0.1, -0.05) is 42.5 Å². The molecule has 138 valence electrons. The van der Waals surface area contributed by atoms with Gasteiger partial charge in [-0.05, 0) is 37.0 Å². The van der Waals surface area contributed by atoms with Crippen LogP contribution in [0, 0.1) is 0 Å². The molecule has 4 rings (SSSR count). The third-order valence-electron chi connectivity index (χ3n) is 5.29. The Balaban J connectivity index is 1.68. The molecule has 3 aromatic rings. The number of nitrogens with zero attached hydrogens (tertiary/aromatic N) is 2. The average Bonchev–Trinajstić information content (AvgIpc) is 2.89. The Bertz CT molecular complexity index is 927. The first-order valence-corrected chi connectivity index (χ1v) is 9.61. The van der Waals surface area contributed by atoms with Gasteiger partial charge >= 0.3 is 5.97 Å². The van der Waals surface area contributed by atoms with E-state index in [0.29, 0.717) is 5.56 Å². The number of esters is 1.